The van der Waals surface area contributed by atoms with Gasteiger partial charge < -0.3 is 23.7 Å². The van der Waals surface area contributed by atoms with Gasteiger partial charge in [-0.1, -0.05) is 62.3 Å². The summed E-state index contributed by atoms with van der Waals surface area (Å²) in [4.78, 5) is 4.65. The zero-order valence-electron chi connectivity index (χ0n) is 26.5. The van der Waals surface area contributed by atoms with Gasteiger partial charge in [0.25, 0.3) is 8.32 Å². The first-order chi connectivity index (χ1) is 16.4. The normalized spacial score (nSPS) is 22.4. The lowest BCUT2D eigenvalue weighted by atomic mass is 10.1. The minimum atomic E-state index is -2.13. The van der Waals surface area contributed by atoms with Gasteiger partial charge in [-0.2, -0.15) is 4.98 Å². The molecule has 1 aromatic rings. The number of ether oxygens (including phenoxy) is 1. The summed E-state index contributed by atoms with van der Waals surface area (Å²) in [6.07, 6.45) is 0.369. The smallest absolute Gasteiger partial charge is 0.252 e. The average Bonchev–Trinajstić information content (AvgIpc) is 3.05. The second-order valence-corrected chi connectivity index (χ2v) is 29.7. The SMILES string of the molecule is CC(C)(C)[Si](C)(C)OC[C@H]1O[C@@H](c2ccc(N)nc2O[Si](C)(C)C(C)(C)C)C[C@@H]1O[Si](C)(C)C(C)(C)C. The van der Waals surface area contributed by atoms with Crippen molar-refractivity contribution >= 4 is 30.8 Å². The fraction of sp³-hybridized carbons (Fsp3) is 0.821. The molecule has 37 heavy (non-hydrogen) atoms. The van der Waals surface area contributed by atoms with Gasteiger partial charge in [-0.25, -0.2) is 0 Å². The van der Waals surface area contributed by atoms with Crippen LogP contribution < -0.4 is 10.2 Å². The van der Waals surface area contributed by atoms with E-state index in [4.69, 9.17) is 23.7 Å². The van der Waals surface area contributed by atoms with Crippen LogP contribution in [-0.4, -0.2) is 48.8 Å². The van der Waals surface area contributed by atoms with Gasteiger partial charge >= 0.3 is 0 Å². The first-order valence-electron chi connectivity index (χ1n) is 13.8. The van der Waals surface area contributed by atoms with Crippen molar-refractivity contribution in [3.05, 3.63) is 17.7 Å². The van der Waals surface area contributed by atoms with Crippen molar-refractivity contribution in [2.45, 2.75) is 141 Å². The number of nitrogens with two attached hydrogens (primary N) is 1. The summed E-state index contributed by atoms with van der Waals surface area (Å²) in [5.41, 5.74) is 7.08. The van der Waals surface area contributed by atoms with Crippen molar-refractivity contribution in [1.29, 1.82) is 0 Å². The van der Waals surface area contributed by atoms with Crippen LogP contribution in [0.1, 0.15) is 80.4 Å². The Balaban J connectivity index is 2.42. The summed E-state index contributed by atoms with van der Waals surface area (Å²) in [5.74, 6) is 1.07. The highest BCUT2D eigenvalue weighted by atomic mass is 28.4. The van der Waals surface area contributed by atoms with Crippen LogP contribution in [0.3, 0.4) is 0 Å². The minimum absolute atomic E-state index is 0.0423. The van der Waals surface area contributed by atoms with Crippen LogP contribution in [-0.2, 0) is 13.6 Å². The molecule has 0 amide bonds. The molecule has 0 aromatic carbocycles. The molecule has 3 atom stereocenters. The maximum atomic E-state index is 6.97. The van der Waals surface area contributed by atoms with Crippen molar-refractivity contribution in [2.75, 3.05) is 12.3 Å². The maximum Gasteiger partial charge on any atom is 0.252 e. The van der Waals surface area contributed by atoms with Crippen LogP contribution >= 0.6 is 0 Å². The predicted molar refractivity (Wildman–Crippen MR) is 164 cm³/mol. The second-order valence-electron chi connectivity index (χ2n) is 15.4. The molecule has 2 heterocycles. The van der Waals surface area contributed by atoms with Gasteiger partial charge in [0.1, 0.15) is 11.9 Å². The molecule has 2 rings (SSSR count). The van der Waals surface area contributed by atoms with E-state index in [-0.39, 0.29) is 33.4 Å². The molecular weight excluding hydrogens is 513 g/mol. The monoisotopic (exact) mass is 568 g/mol. The van der Waals surface area contributed by atoms with Crippen LogP contribution in [0.2, 0.25) is 54.4 Å². The lowest BCUT2D eigenvalue weighted by Crippen LogP contribution is -2.48. The van der Waals surface area contributed by atoms with E-state index in [2.05, 4.69) is 107 Å². The third kappa shape index (κ3) is 7.69. The van der Waals surface area contributed by atoms with Crippen molar-refractivity contribution in [2.24, 2.45) is 0 Å². The molecule has 2 N–H and O–H groups in total. The summed E-state index contributed by atoms with van der Waals surface area (Å²) >= 11 is 0. The van der Waals surface area contributed by atoms with E-state index in [0.717, 1.165) is 12.0 Å². The molecule has 6 nitrogen and oxygen atoms in total. The number of pyridine rings is 1. The van der Waals surface area contributed by atoms with E-state index in [1.807, 2.05) is 12.1 Å². The highest BCUT2D eigenvalue weighted by molar-refractivity contribution is 6.75. The molecule has 1 aliphatic heterocycles. The van der Waals surface area contributed by atoms with Gasteiger partial charge in [0, 0.05) is 12.0 Å². The third-order valence-electron chi connectivity index (χ3n) is 9.28. The predicted octanol–water partition coefficient (Wildman–Crippen LogP) is 8.29. The quantitative estimate of drug-likeness (QED) is 0.318. The number of aromatic nitrogens is 1. The average molecular weight is 569 g/mol. The van der Waals surface area contributed by atoms with E-state index in [9.17, 15) is 0 Å². The number of hydrogen-bond acceptors (Lipinski definition) is 6. The molecule has 1 aliphatic rings. The topological polar surface area (TPSA) is 75.8 Å². The molecule has 0 saturated carbocycles. The van der Waals surface area contributed by atoms with E-state index >= 15 is 0 Å². The number of hydrogen-bond donors (Lipinski definition) is 1. The standard InChI is InChI=1S/C28H56N2O4Si3/c1-26(2,3)35(10,11)31-19-23-22(33-36(12,13)27(4,5)6)18-21(32-23)20-16-17-24(29)30-25(20)34-37(14,15)28(7,8)9/h16-17,21-23H,18-19H2,1-15H3,(H2,29,30)/t21-,22+,23-/m1/s1. The van der Waals surface area contributed by atoms with E-state index in [0.29, 0.717) is 18.3 Å². The van der Waals surface area contributed by atoms with Crippen LogP contribution in [0, 0.1) is 0 Å². The summed E-state index contributed by atoms with van der Waals surface area (Å²) in [5, 5.41) is 0.279. The first kappa shape index (κ1) is 32.5. The summed E-state index contributed by atoms with van der Waals surface area (Å²) < 4.78 is 27.1. The molecule has 0 unspecified atom stereocenters. The fourth-order valence-electron chi connectivity index (χ4n) is 3.44. The molecule has 214 valence electrons. The summed E-state index contributed by atoms with van der Waals surface area (Å²) in [7, 11) is -6.09. The van der Waals surface area contributed by atoms with Gasteiger partial charge in [0.2, 0.25) is 5.88 Å². The van der Waals surface area contributed by atoms with Gasteiger partial charge in [0.05, 0.1) is 18.8 Å². The number of anilines is 1. The Labute approximate surface area is 230 Å². The Bertz CT molecular complexity index is 931. The molecule has 1 aromatic heterocycles. The Morgan fingerprint density at radius 2 is 1.35 bits per heavy atom. The van der Waals surface area contributed by atoms with Crippen LogP contribution in [0.4, 0.5) is 5.82 Å². The zero-order valence-corrected chi connectivity index (χ0v) is 29.5. The molecule has 1 saturated heterocycles. The Morgan fingerprint density at radius 3 is 1.84 bits per heavy atom. The lowest BCUT2D eigenvalue weighted by Gasteiger charge is -2.40. The first-order valence-corrected chi connectivity index (χ1v) is 22.5. The van der Waals surface area contributed by atoms with Crippen molar-refractivity contribution in [3.63, 3.8) is 0 Å². The molecule has 1 fully saturated rings. The van der Waals surface area contributed by atoms with Gasteiger partial charge in [-0.15, -0.1) is 0 Å². The maximum absolute atomic E-state index is 6.97. The molecule has 0 bridgehead atoms. The van der Waals surface area contributed by atoms with Crippen molar-refractivity contribution in [3.8, 4) is 5.88 Å². The van der Waals surface area contributed by atoms with E-state index in [1.54, 1.807) is 0 Å². The van der Waals surface area contributed by atoms with Crippen LogP contribution in [0.25, 0.3) is 0 Å². The van der Waals surface area contributed by atoms with Crippen LogP contribution in [0.5, 0.6) is 5.88 Å². The van der Waals surface area contributed by atoms with E-state index < -0.39 is 25.0 Å². The fourth-order valence-corrected chi connectivity index (χ4v) is 6.76. The highest BCUT2D eigenvalue weighted by Crippen LogP contribution is 2.46. The minimum Gasteiger partial charge on any atom is -0.530 e. The summed E-state index contributed by atoms with van der Waals surface area (Å²) in [6, 6.07) is 3.87. The Morgan fingerprint density at radius 1 is 0.838 bits per heavy atom. The number of nitrogen functional groups attached to an aromatic ring is 1. The van der Waals surface area contributed by atoms with Crippen molar-refractivity contribution < 1.29 is 18.0 Å². The number of nitrogens with zero attached hydrogens (tertiary/aromatic N) is 1. The second kappa shape index (κ2) is 10.7. The Hall–Kier alpha value is -0.719. The highest BCUT2D eigenvalue weighted by Gasteiger charge is 2.47. The summed E-state index contributed by atoms with van der Waals surface area (Å²) in [6.45, 7) is 34.5. The zero-order chi connectivity index (χ0) is 28.8. The molecule has 9 heteroatoms. The Kier molecular flexibility index (Phi) is 9.39. The third-order valence-corrected chi connectivity index (χ3v) is 22.6. The molecule has 0 spiro atoms. The van der Waals surface area contributed by atoms with Gasteiger partial charge in [-0.05, 0) is 66.5 Å². The lowest BCUT2D eigenvalue weighted by molar-refractivity contribution is -0.0169. The number of rotatable bonds is 8. The van der Waals surface area contributed by atoms with Gasteiger partial charge in [-0.3, -0.25) is 0 Å². The van der Waals surface area contributed by atoms with Gasteiger partial charge in [0.15, 0.2) is 16.6 Å². The van der Waals surface area contributed by atoms with E-state index in [1.165, 1.54) is 0 Å². The molecular formula is C28H56N2O4Si3. The molecule has 0 radical (unpaired) electrons. The molecule has 0 aliphatic carbocycles. The largest absolute Gasteiger partial charge is 0.530 e. The van der Waals surface area contributed by atoms with Crippen LogP contribution in [0.15, 0.2) is 12.1 Å². The van der Waals surface area contributed by atoms with Crippen molar-refractivity contribution in [1.82, 2.24) is 4.98 Å².